The van der Waals surface area contributed by atoms with Crippen LogP contribution in [0.25, 0.3) is 5.52 Å². The monoisotopic (exact) mass is 367 g/mol. The van der Waals surface area contributed by atoms with Gasteiger partial charge in [0.1, 0.15) is 0 Å². The van der Waals surface area contributed by atoms with Crippen LogP contribution in [0.1, 0.15) is 24.2 Å². The van der Waals surface area contributed by atoms with E-state index in [0.717, 1.165) is 43.7 Å². The second-order valence-electron chi connectivity index (χ2n) is 7.25. The van der Waals surface area contributed by atoms with Crippen molar-refractivity contribution in [3.8, 4) is 0 Å². The van der Waals surface area contributed by atoms with Crippen molar-refractivity contribution in [3.05, 3.63) is 52.7 Å². The second-order valence-corrected chi connectivity index (χ2v) is 7.97. The number of aromatic nitrogens is 3. The zero-order valence-electron chi connectivity index (χ0n) is 14.5. The van der Waals surface area contributed by atoms with Gasteiger partial charge in [-0.3, -0.25) is 9.69 Å². The van der Waals surface area contributed by atoms with E-state index >= 15 is 0 Å². The SMILES string of the molecule is O=C1[C@H]2CC[C@H](CN(Cc3cccc4ccnn34)C2)N1Cc1cscn1. The molecule has 3 aliphatic rings. The van der Waals surface area contributed by atoms with Crippen LogP contribution >= 0.6 is 11.3 Å². The molecule has 1 amide bonds. The van der Waals surface area contributed by atoms with E-state index in [1.807, 2.05) is 27.7 Å². The molecule has 2 bridgehead atoms. The number of amides is 1. The Kier molecular flexibility index (Phi) is 3.98. The Morgan fingerprint density at radius 3 is 3.00 bits per heavy atom. The Bertz CT molecular complexity index is 921. The highest BCUT2D eigenvalue weighted by molar-refractivity contribution is 7.07. The van der Waals surface area contributed by atoms with Crippen molar-refractivity contribution in [3.63, 3.8) is 0 Å². The fourth-order valence-electron chi connectivity index (χ4n) is 4.31. The van der Waals surface area contributed by atoms with Gasteiger partial charge < -0.3 is 4.90 Å². The van der Waals surface area contributed by atoms with Gasteiger partial charge >= 0.3 is 0 Å². The van der Waals surface area contributed by atoms with Gasteiger partial charge in [0, 0.05) is 37.3 Å². The number of hydrogen-bond donors (Lipinski definition) is 0. The van der Waals surface area contributed by atoms with Gasteiger partial charge in [-0.1, -0.05) is 6.07 Å². The highest BCUT2D eigenvalue weighted by Gasteiger charge is 2.40. The first-order valence-electron chi connectivity index (χ1n) is 9.09. The maximum atomic E-state index is 13.0. The molecule has 0 unspecified atom stereocenters. The van der Waals surface area contributed by atoms with E-state index < -0.39 is 0 Å². The summed E-state index contributed by atoms with van der Waals surface area (Å²) in [6.07, 6.45) is 3.92. The minimum atomic E-state index is 0.101. The molecule has 26 heavy (non-hydrogen) atoms. The predicted molar refractivity (Wildman–Crippen MR) is 99.6 cm³/mol. The van der Waals surface area contributed by atoms with Crippen LogP contribution in [-0.2, 0) is 17.9 Å². The van der Waals surface area contributed by atoms with Crippen LogP contribution in [0.15, 0.2) is 41.4 Å². The van der Waals surface area contributed by atoms with Crippen molar-refractivity contribution >= 4 is 22.8 Å². The van der Waals surface area contributed by atoms with Crippen LogP contribution < -0.4 is 0 Å². The van der Waals surface area contributed by atoms with Gasteiger partial charge in [0.05, 0.1) is 34.9 Å². The summed E-state index contributed by atoms with van der Waals surface area (Å²) >= 11 is 1.59. The molecule has 6 rings (SSSR count). The Balaban J connectivity index is 1.38. The molecule has 7 heteroatoms. The molecule has 0 N–H and O–H groups in total. The molecule has 134 valence electrons. The number of fused-ring (bicyclic) bond motifs is 5. The summed E-state index contributed by atoms with van der Waals surface area (Å²) in [7, 11) is 0. The van der Waals surface area contributed by atoms with Crippen molar-refractivity contribution in [1.82, 2.24) is 24.4 Å². The number of rotatable bonds is 4. The lowest BCUT2D eigenvalue weighted by Crippen LogP contribution is -2.47. The normalized spacial score (nSPS) is 23.7. The molecule has 2 atom stereocenters. The summed E-state index contributed by atoms with van der Waals surface area (Å²) < 4.78 is 2.00. The summed E-state index contributed by atoms with van der Waals surface area (Å²) in [5.74, 6) is 0.401. The maximum absolute atomic E-state index is 13.0. The summed E-state index contributed by atoms with van der Waals surface area (Å²) in [4.78, 5) is 21.8. The first kappa shape index (κ1) is 16.0. The molecular formula is C19H21N5OS. The summed E-state index contributed by atoms with van der Waals surface area (Å²) in [5.41, 5.74) is 5.13. The molecule has 0 saturated carbocycles. The van der Waals surface area contributed by atoms with Gasteiger partial charge in [0.15, 0.2) is 0 Å². The Morgan fingerprint density at radius 2 is 2.12 bits per heavy atom. The van der Waals surface area contributed by atoms with Crippen molar-refractivity contribution in [2.24, 2.45) is 5.92 Å². The zero-order valence-corrected chi connectivity index (χ0v) is 15.3. The number of carbonyl (C=O) groups excluding carboxylic acids is 1. The van der Waals surface area contributed by atoms with Crippen molar-refractivity contribution in [1.29, 1.82) is 0 Å². The first-order chi connectivity index (χ1) is 12.8. The fourth-order valence-corrected chi connectivity index (χ4v) is 4.86. The Hall–Kier alpha value is -2.25. The van der Waals surface area contributed by atoms with Gasteiger partial charge in [-0.2, -0.15) is 5.10 Å². The van der Waals surface area contributed by atoms with E-state index in [0.29, 0.717) is 12.5 Å². The van der Waals surface area contributed by atoms with Gasteiger partial charge in [-0.25, -0.2) is 9.50 Å². The van der Waals surface area contributed by atoms with E-state index in [-0.39, 0.29) is 12.0 Å². The van der Waals surface area contributed by atoms with Crippen LogP contribution in [0.3, 0.4) is 0 Å². The van der Waals surface area contributed by atoms with Crippen molar-refractivity contribution in [2.45, 2.75) is 32.0 Å². The average Bonchev–Trinajstić information content (AvgIpc) is 3.26. The quantitative estimate of drug-likeness (QED) is 0.711. The minimum absolute atomic E-state index is 0.101. The number of piperidine rings is 1. The largest absolute Gasteiger partial charge is 0.332 e. The van der Waals surface area contributed by atoms with Gasteiger partial charge in [0.25, 0.3) is 0 Å². The molecular weight excluding hydrogens is 346 g/mol. The van der Waals surface area contributed by atoms with E-state index in [1.165, 1.54) is 5.69 Å². The molecule has 3 aromatic heterocycles. The van der Waals surface area contributed by atoms with E-state index in [1.54, 1.807) is 11.3 Å². The lowest BCUT2D eigenvalue weighted by molar-refractivity contribution is -0.140. The van der Waals surface area contributed by atoms with Crippen LogP contribution in [-0.4, -0.2) is 49.4 Å². The fraction of sp³-hybridized carbons (Fsp3) is 0.421. The highest BCUT2D eigenvalue weighted by Crippen LogP contribution is 2.31. The molecule has 3 aliphatic heterocycles. The third kappa shape index (κ3) is 2.81. The van der Waals surface area contributed by atoms with Crippen LogP contribution in [0, 0.1) is 5.92 Å². The molecule has 0 aliphatic carbocycles. The lowest BCUT2D eigenvalue weighted by Gasteiger charge is -2.35. The molecule has 6 heterocycles. The number of nitrogens with zero attached hydrogens (tertiary/aromatic N) is 5. The second kappa shape index (κ2) is 6.48. The van der Waals surface area contributed by atoms with Gasteiger partial charge in [-0.15, -0.1) is 11.3 Å². The van der Waals surface area contributed by atoms with E-state index in [2.05, 4.69) is 38.1 Å². The van der Waals surface area contributed by atoms with E-state index in [9.17, 15) is 4.79 Å². The van der Waals surface area contributed by atoms with Gasteiger partial charge in [-0.05, 0) is 31.0 Å². The summed E-state index contributed by atoms with van der Waals surface area (Å²) in [6, 6.07) is 8.58. The first-order valence-corrected chi connectivity index (χ1v) is 10.0. The Labute approximate surface area is 156 Å². The zero-order chi connectivity index (χ0) is 17.5. The number of thiazole rings is 1. The van der Waals surface area contributed by atoms with Crippen LogP contribution in [0.5, 0.6) is 0 Å². The maximum Gasteiger partial charge on any atom is 0.227 e. The van der Waals surface area contributed by atoms with Crippen molar-refractivity contribution < 1.29 is 4.79 Å². The van der Waals surface area contributed by atoms with Gasteiger partial charge in [0.2, 0.25) is 5.91 Å². The molecule has 3 fully saturated rings. The van der Waals surface area contributed by atoms with E-state index in [4.69, 9.17) is 0 Å². The Morgan fingerprint density at radius 1 is 1.15 bits per heavy atom. The number of pyridine rings is 1. The standard InChI is InChI=1S/C19H21N5OS/c25-19-14-4-5-17(23(19)9-15-12-26-13-20-15)10-22(8-14)11-18-3-1-2-16-6-7-21-24(16)18/h1-3,6-7,12-14,17H,4-5,8-11H2/t14-,17+/m0/s1. The topological polar surface area (TPSA) is 53.7 Å². The third-order valence-corrected chi connectivity index (χ3v) is 6.21. The summed E-state index contributed by atoms with van der Waals surface area (Å²) in [6.45, 7) is 3.22. The molecule has 0 radical (unpaired) electrons. The number of hydrogen-bond acceptors (Lipinski definition) is 5. The summed E-state index contributed by atoms with van der Waals surface area (Å²) in [5, 5.41) is 6.49. The molecule has 0 aromatic carbocycles. The lowest BCUT2D eigenvalue weighted by atomic mass is 9.94. The molecule has 0 spiro atoms. The van der Waals surface area contributed by atoms with Crippen LogP contribution in [0.2, 0.25) is 0 Å². The molecule has 6 nitrogen and oxygen atoms in total. The molecule has 3 saturated heterocycles. The predicted octanol–water partition coefficient (Wildman–Crippen LogP) is 2.41. The third-order valence-electron chi connectivity index (χ3n) is 5.57. The number of carbonyl (C=O) groups is 1. The highest BCUT2D eigenvalue weighted by atomic mass is 32.1. The van der Waals surface area contributed by atoms with Crippen molar-refractivity contribution in [2.75, 3.05) is 13.1 Å². The smallest absolute Gasteiger partial charge is 0.227 e. The average molecular weight is 367 g/mol. The van der Waals surface area contributed by atoms with Crippen LogP contribution in [0.4, 0.5) is 0 Å². The molecule has 3 aromatic rings. The minimum Gasteiger partial charge on any atom is -0.332 e.